The molecular weight excluding hydrogens is 308 g/mol. The normalized spacial score (nSPS) is 23.8. The SMILES string of the molecule is CCOC(=O)C(C(=O)OCC)C1CCCC(O)C1c1ccccc1. The van der Waals surface area contributed by atoms with Crippen LogP contribution in [0.3, 0.4) is 0 Å². The van der Waals surface area contributed by atoms with Gasteiger partial charge in [0.1, 0.15) is 0 Å². The molecule has 5 heteroatoms. The Kier molecular flexibility index (Phi) is 6.79. The van der Waals surface area contributed by atoms with E-state index in [2.05, 4.69) is 0 Å². The topological polar surface area (TPSA) is 72.8 Å². The van der Waals surface area contributed by atoms with Gasteiger partial charge in [-0.05, 0) is 38.2 Å². The van der Waals surface area contributed by atoms with Crippen LogP contribution >= 0.6 is 0 Å². The van der Waals surface area contributed by atoms with Crippen LogP contribution in [0.5, 0.6) is 0 Å². The van der Waals surface area contributed by atoms with E-state index in [-0.39, 0.29) is 25.0 Å². The van der Waals surface area contributed by atoms with Crippen molar-refractivity contribution >= 4 is 11.9 Å². The predicted molar refractivity (Wildman–Crippen MR) is 89.3 cm³/mol. The number of benzene rings is 1. The largest absolute Gasteiger partial charge is 0.465 e. The zero-order chi connectivity index (χ0) is 17.5. The highest BCUT2D eigenvalue weighted by Crippen LogP contribution is 2.42. The Balaban J connectivity index is 2.36. The van der Waals surface area contributed by atoms with Gasteiger partial charge in [-0.15, -0.1) is 0 Å². The average molecular weight is 334 g/mol. The number of carbonyl (C=O) groups is 2. The maximum atomic E-state index is 12.4. The van der Waals surface area contributed by atoms with E-state index >= 15 is 0 Å². The van der Waals surface area contributed by atoms with Crippen LogP contribution in [-0.2, 0) is 19.1 Å². The number of carbonyl (C=O) groups excluding carboxylic acids is 2. The van der Waals surface area contributed by atoms with Gasteiger partial charge in [-0.3, -0.25) is 9.59 Å². The molecule has 0 amide bonds. The molecule has 0 heterocycles. The van der Waals surface area contributed by atoms with Gasteiger partial charge in [-0.1, -0.05) is 36.8 Å². The lowest BCUT2D eigenvalue weighted by Crippen LogP contribution is -2.42. The molecule has 3 atom stereocenters. The Morgan fingerprint density at radius 3 is 2.21 bits per heavy atom. The molecule has 0 aliphatic heterocycles. The van der Waals surface area contributed by atoms with Crippen LogP contribution in [0.4, 0.5) is 0 Å². The van der Waals surface area contributed by atoms with Gasteiger partial charge in [0.2, 0.25) is 0 Å². The van der Waals surface area contributed by atoms with Crippen molar-refractivity contribution in [2.75, 3.05) is 13.2 Å². The number of ether oxygens (including phenoxy) is 2. The summed E-state index contributed by atoms with van der Waals surface area (Å²) in [5, 5.41) is 10.6. The minimum Gasteiger partial charge on any atom is -0.465 e. The maximum absolute atomic E-state index is 12.4. The van der Waals surface area contributed by atoms with Crippen LogP contribution in [0, 0.1) is 11.8 Å². The van der Waals surface area contributed by atoms with E-state index in [1.54, 1.807) is 13.8 Å². The van der Waals surface area contributed by atoms with Gasteiger partial charge in [0.15, 0.2) is 5.92 Å². The molecule has 2 rings (SSSR count). The zero-order valence-electron chi connectivity index (χ0n) is 14.3. The fourth-order valence-electron chi connectivity index (χ4n) is 3.64. The Bertz CT molecular complexity index is 524. The van der Waals surface area contributed by atoms with E-state index in [0.717, 1.165) is 12.0 Å². The summed E-state index contributed by atoms with van der Waals surface area (Å²) in [4.78, 5) is 24.9. The van der Waals surface area contributed by atoms with E-state index in [1.807, 2.05) is 30.3 Å². The zero-order valence-corrected chi connectivity index (χ0v) is 14.3. The highest BCUT2D eigenvalue weighted by molar-refractivity contribution is 5.95. The summed E-state index contributed by atoms with van der Waals surface area (Å²) in [5.41, 5.74) is 0.938. The second-order valence-corrected chi connectivity index (χ2v) is 6.08. The molecule has 0 radical (unpaired) electrons. The molecule has 1 aromatic rings. The van der Waals surface area contributed by atoms with Crippen molar-refractivity contribution < 1.29 is 24.2 Å². The minimum absolute atomic E-state index is 0.208. The van der Waals surface area contributed by atoms with Gasteiger partial charge < -0.3 is 14.6 Å². The number of rotatable bonds is 6. The molecule has 1 fully saturated rings. The first kappa shape index (κ1) is 18.5. The van der Waals surface area contributed by atoms with Crippen molar-refractivity contribution in [2.45, 2.75) is 45.1 Å². The quantitative estimate of drug-likeness (QED) is 0.639. The smallest absolute Gasteiger partial charge is 0.320 e. The third-order valence-corrected chi connectivity index (χ3v) is 4.61. The van der Waals surface area contributed by atoms with Gasteiger partial charge in [0, 0.05) is 5.92 Å². The standard InChI is InChI=1S/C19H26O5/c1-3-23-18(21)17(19(22)24-4-2)14-11-8-12-15(20)16(14)13-9-6-5-7-10-13/h5-7,9-10,14-17,20H,3-4,8,11-12H2,1-2H3. The fourth-order valence-corrected chi connectivity index (χ4v) is 3.64. The second-order valence-electron chi connectivity index (χ2n) is 6.08. The Morgan fingerprint density at radius 2 is 1.67 bits per heavy atom. The van der Waals surface area contributed by atoms with Crippen LogP contribution in [0.25, 0.3) is 0 Å². The van der Waals surface area contributed by atoms with Crippen molar-refractivity contribution in [3.05, 3.63) is 35.9 Å². The van der Waals surface area contributed by atoms with E-state index < -0.39 is 24.0 Å². The molecule has 1 aliphatic rings. The summed E-state index contributed by atoms with van der Waals surface area (Å²) >= 11 is 0. The molecule has 1 aromatic carbocycles. The van der Waals surface area contributed by atoms with Gasteiger partial charge in [0.25, 0.3) is 0 Å². The molecule has 0 bridgehead atoms. The first-order valence-electron chi connectivity index (χ1n) is 8.66. The Labute approximate surface area is 143 Å². The van der Waals surface area contributed by atoms with E-state index in [9.17, 15) is 14.7 Å². The molecule has 0 aromatic heterocycles. The van der Waals surface area contributed by atoms with Crippen LogP contribution < -0.4 is 0 Å². The lowest BCUT2D eigenvalue weighted by molar-refractivity contribution is -0.166. The molecule has 0 spiro atoms. The molecule has 1 saturated carbocycles. The number of esters is 2. The summed E-state index contributed by atoms with van der Waals surface area (Å²) < 4.78 is 10.2. The number of hydrogen-bond donors (Lipinski definition) is 1. The molecule has 24 heavy (non-hydrogen) atoms. The summed E-state index contributed by atoms with van der Waals surface area (Å²) in [6.45, 7) is 3.84. The van der Waals surface area contributed by atoms with E-state index in [1.165, 1.54) is 0 Å². The van der Waals surface area contributed by atoms with Crippen LogP contribution in [0.1, 0.15) is 44.6 Å². The maximum Gasteiger partial charge on any atom is 0.320 e. The van der Waals surface area contributed by atoms with Crippen molar-refractivity contribution in [1.29, 1.82) is 0 Å². The van der Waals surface area contributed by atoms with Gasteiger partial charge in [-0.2, -0.15) is 0 Å². The molecule has 3 unspecified atom stereocenters. The van der Waals surface area contributed by atoms with Crippen molar-refractivity contribution in [3.8, 4) is 0 Å². The van der Waals surface area contributed by atoms with Crippen LogP contribution in [-0.4, -0.2) is 36.4 Å². The Morgan fingerprint density at radius 1 is 1.08 bits per heavy atom. The molecular formula is C19H26O5. The van der Waals surface area contributed by atoms with Crippen molar-refractivity contribution in [2.24, 2.45) is 11.8 Å². The fraction of sp³-hybridized carbons (Fsp3) is 0.579. The number of hydrogen-bond acceptors (Lipinski definition) is 5. The predicted octanol–water partition coefficient (Wildman–Crippen LogP) is 2.67. The van der Waals surface area contributed by atoms with Gasteiger partial charge in [0.05, 0.1) is 19.3 Å². The third kappa shape index (κ3) is 4.15. The molecule has 5 nitrogen and oxygen atoms in total. The molecule has 132 valence electrons. The second kappa shape index (κ2) is 8.83. The molecule has 1 N–H and O–H groups in total. The van der Waals surface area contributed by atoms with E-state index in [0.29, 0.717) is 12.8 Å². The summed E-state index contributed by atoms with van der Waals surface area (Å²) in [7, 11) is 0. The van der Waals surface area contributed by atoms with Crippen LogP contribution in [0.15, 0.2) is 30.3 Å². The van der Waals surface area contributed by atoms with Crippen molar-refractivity contribution in [3.63, 3.8) is 0 Å². The average Bonchev–Trinajstić information content (AvgIpc) is 2.56. The first-order chi connectivity index (χ1) is 11.6. The summed E-state index contributed by atoms with van der Waals surface area (Å²) in [6.07, 6.45) is 1.52. The molecule has 1 aliphatic carbocycles. The van der Waals surface area contributed by atoms with Crippen molar-refractivity contribution in [1.82, 2.24) is 0 Å². The number of aliphatic hydroxyl groups is 1. The highest BCUT2D eigenvalue weighted by Gasteiger charge is 2.45. The minimum atomic E-state index is -0.995. The van der Waals surface area contributed by atoms with Gasteiger partial charge in [-0.25, -0.2) is 0 Å². The van der Waals surface area contributed by atoms with E-state index in [4.69, 9.17) is 9.47 Å². The summed E-state index contributed by atoms with van der Waals surface area (Å²) in [5.74, 6) is -2.72. The van der Waals surface area contributed by atoms with Crippen LogP contribution in [0.2, 0.25) is 0 Å². The Hall–Kier alpha value is -1.88. The lowest BCUT2D eigenvalue weighted by Gasteiger charge is -2.38. The number of aliphatic hydroxyl groups excluding tert-OH is 1. The lowest BCUT2D eigenvalue weighted by atomic mass is 9.68. The monoisotopic (exact) mass is 334 g/mol. The third-order valence-electron chi connectivity index (χ3n) is 4.61. The van der Waals surface area contributed by atoms with Gasteiger partial charge >= 0.3 is 11.9 Å². The first-order valence-corrected chi connectivity index (χ1v) is 8.66. The summed E-state index contributed by atoms with van der Waals surface area (Å²) in [6, 6.07) is 9.57. The molecule has 0 saturated heterocycles. The highest BCUT2D eigenvalue weighted by atomic mass is 16.6.